The molecule has 1 aromatic carbocycles. The van der Waals surface area contributed by atoms with E-state index in [1.54, 1.807) is 0 Å². The topological polar surface area (TPSA) is 0 Å². The molecule has 0 aromatic heterocycles. The Morgan fingerprint density at radius 3 is 2.21 bits per heavy atom. The molecule has 0 aliphatic carbocycles. The van der Waals surface area contributed by atoms with E-state index in [4.69, 9.17) is 11.6 Å². The van der Waals surface area contributed by atoms with Crippen molar-refractivity contribution in [3.8, 4) is 0 Å². The molecule has 0 radical (unpaired) electrons. The van der Waals surface area contributed by atoms with Crippen LogP contribution in [0.3, 0.4) is 0 Å². The molecule has 0 aliphatic rings. The van der Waals surface area contributed by atoms with Crippen LogP contribution in [-0.2, 0) is 5.88 Å². The molecule has 0 saturated heterocycles. The fourth-order valence-corrected chi connectivity index (χ4v) is 2.76. The number of halogens is 1. The fourth-order valence-electron chi connectivity index (χ4n) is 2.60. The molecule has 1 unspecified atom stereocenters. The first-order valence-corrected chi connectivity index (χ1v) is 7.88. The maximum Gasteiger partial charge on any atom is 0.0474 e. The lowest BCUT2D eigenvalue weighted by molar-refractivity contribution is 0.203. The van der Waals surface area contributed by atoms with Gasteiger partial charge in [0.2, 0.25) is 0 Å². The predicted octanol–water partition coefficient (Wildman–Crippen LogP) is 6.38. The van der Waals surface area contributed by atoms with E-state index in [0.29, 0.717) is 22.6 Å². The van der Waals surface area contributed by atoms with Crippen LogP contribution in [-0.4, -0.2) is 0 Å². The zero-order valence-corrected chi connectivity index (χ0v) is 14.1. The minimum absolute atomic E-state index is 0.318. The van der Waals surface area contributed by atoms with Crippen LogP contribution in [0.25, 0.3) is 0 Å². The highest BCUT2D eigenvalue weighted by Crippen LogP contribution is 2.45. The van der Waals surface area contributed by atoms with Crippen LogP contribution < -0.4 is 0 Å². The summed E-state index contributed by atoms with van der Waals surface area (Å²) in [6.45, 7) is 14.1. The van der Waals surface area contributed by atoms with Gasteiger partial charge in [-0.2, -0.15) is 0 Å². The lowest BCUT2D eigenvalue weighted by Crippen LogP contribution is -2.26. The third kappa shape index (κ3) is 4.84. The molecular weight excluding hydrogens is 252 g/mol. The van der Waals surface area contributed by atoms with E-state index in [0.717, 1.165) is 0 Å². The van der Waals surface area contributed by atoms with Crippen LogP contribution in [0.2, 0.25) is 0 Å². The Morgan fingerprint density at radius 1 is 1.11 bits per heavy atom. The van der Waals surface area contributed by atoms with E-state index >= 15 is 0 Å². The number of hydrogen-bond donors (Lipinski definition) is 0. The van der Waals surface area contributed by atoms with E-state index in [-0.39, 0.29) is 0 Å². The van der Waals surface area contributed by atoms with Crippen LogP contribution in [0.5, 0.6) is 0 Å². The Labute approximate surface area is 124 Å². The molecule has 0 spiro atoms. The quantitative estimate of drug-likeness (QED) is 0.549. The van der Waals surface area contributed by atoms with Gasteiger partial charge in [-0.3, -0.25) is 0 Å². The fraction of sp³-hybridized carbons (Fsp3) is 0.667. The minimum atomic E-state index is 0.318. The van der Waals surface area contributed by atoms with Gasteiger partial charge in [0, 0.05) is 5.88 Å². The molecule has 1 aromatic rings. The van der Waals surface area contributed by atoms with Crippen molar-refractivity contribution >= 4 is 11.6 Å². The number of rotatable bonds is 5. The molecule has 0 saturated carbocycles. The van der Waals surface area contributed by atoms with Crippen LogP contribution >= 0.6 is 11.6 Å². The predicted molar refractivity (Wildman–Crippen MR) is 86.9 cm³/mol. The van der Waals surface area contributed by atoms with Gasteiger partial charge >= 0.3 is 0 Å². The summed E-state index contributed by atoms with van der Waals surface area (Å²) in [5, 5.41) is 0. The number of alkyl halides is 1. The molecule has 0 bridgehead atoms. The summed E-state index contributed by atoms with van der Waals surface area (Å²) >= 11 is 5.98. The van der Waals surface area contributed by atoms with Crippen molar-refractivity contribution in [3.05, 3.63) is 35.4 Å². The standard InChI is InChI=1S/C18H29Cl/c1-7-18(5,6)16(12-17(2,3)4)15-10-8-9-14(11-15)13-19/h8-11,16H,7,12-13H2,1-6H3. The molecule has 0 amide bonds. The average molecular weight is 281 g/mol. The third-order valence-corrected chi connectivity index (χ3v) is 4.49. The Morgan fingerprint density at radius 2 is 1.74 bits per heavy atom. The summed E-state index contributed by atoms with van der Waals surface area (Å²) < 4.78 is 0. The Balaban J connectivity index is 3.15. The number of hydrogen-bond acceptors (Lipinski definition) is 0. The molecule has 0 nitrogen and oxygen atoms in total. The summed E-state index contributed by atoms with van der Waals surface area (Å²) in [5.41, 5.74) is 3.33. The average Bonchev–Trinajstić information content (AvgIpc) is 2.35. The summed E-state index contributed by atoms with van der Waals surface area (Å²) in [6, 6.07) is 8.82. The third-order valence-electron chi connectivity index (χ3n) is 4.18. The molecule has 19 heavy (non-hydrogen) atoms. The summed E-state index contributed by atoms with van der Waals surface area (Å²) in [5.74, 6) is 1.18. The van der Waals surface area contributed by atoms with E-state index < -0.39 is 0 Å². The van der Waals surface area contributed by atoms with Gasteiger partial charge in [-0.1, -0.05) is 72.2 Å². The van der Waals surface area contributed by atoms with Crippen molar-refractivity contribution in [2.24, 2.45) is 10.8 Å². The molecule has 1 rings (SSSR count). The molecule has 0 fully saturated rings. The molecule has 1 heteroatoms. The lowest BCUT2D eigenvalue weighted by Gasteiger charge is -2.38. The van der Waals surface area contributed by atoms with Crippen molar-refractivity contribution in [1.82, 2.24) is 0 Å². The molecule has 0 heterocycles. The maximum atomic E-state index is 5.98. The normalized spacial score (nSPS) is 14.5. The Bertz CT molecular complexity index is 398. The lowest BCUT2D eigenvalue weighted by atomic mass is 9.67. The van der Waals surface area contributed by atoms with Crippen molar-refractivity contribution in [3.63, 3.8) is 0 Å². The van der Waals surface area contributed by atoms with E-state index in [9.17, 15) is 0 Å². The zero-order valence-electron chi connectivity index (χ0n) is 13.4. The van der Waals surface area contributed by atoms with Gasteiger partial charge in [0.05, 0.1) is 0 Å². The molecular formula is C18H29Cl. The van der Waals surface area contributed by atoms with Gasteiger partial charge < -0.3 is 0 Å². The molecule has 0 N–H and O–H groups in total. The van der Waals surface area contributed by atoms with Gasteiger partial charge in [-0.25, -0.2) is 0 Å². The van der Waals surface area contributed by atoms with Gasteiger partial charge in [0.15, 0.2) is 0 Å². The highest BCUT2D eigenvalue weighted by Gasteiger charge is 2.32. The van der Waals surface area contributed by atoms with Crippen LogP contribution in [0.4, 0.5) is 0 Å². The van der Waals surface area contributed by atoms with Gasteiger partial charge in [-0.15, -0.1) is 11.6 Å². The van der Waals surface area contributed by atoms with Gasteiger partial charge in [0.25, 0.3) is 0 Å². The zero-order chi connectivity index (χ0) is 14.7. The summed E-state index contributed by atoms with van der Waals surface area (Å²) in [4.78, 5) is 0. The first kappa shape index (κ1) is 16.6. The van der Waals surface area contributed by atoms with Gasteiger partial charge in [0.1, 0.15) is 0 Å². The Kier molecular flexibility index (Phi) is 5.50. The van der Waals surface area contributed by atoms with Crippen molar-refractivity contribution < 1.29 is 0 Å². The van der Waals surface area contributed by atoms with Crippen molar-refractivity contribution in [1.29, 1.82) is 0 Å². The van der Waals surface area contributed by atoms with Crippen molar-refractivity contribution in [2.45, 2.75) is 66.2 Å². The molecule has 0 aliphatic heterocycles. The monoisotopic (exact) mass is 280 g/mol. The summed E-state index contributed by atoms with van der Waals surface area (Å²) in [6.07, 6.45) is 2.40. The Hall–Kier alpha value is -0.490. The first-order valence-electron chi connectivity index (χ1n) is 7.34. The van der Waals surface area contributed by atoms with Gasteiger partial charge in [-0.05, 0) is 34.3 Å². The van der Waals surface area contributed by atoms with Crippen LogP contribution in [0, 0.1) is 10.8 Å². The minimum Gasteiger partial charge on any atom is -0.122 e. The van der Waals surface area contributed by atoms with Crippen LogP contribution in [0.15, 0.2) is 24.3 Å². The first-order chi connectivity index (χ1) is 8.69. The van der Waals surface area contributed by atoms with E-state index in [2.05, 4.69) is 65.8 Å². The SMILES string of the molecule is CCC(C)(C)C(CC(C)(C)C)c1cccc(CCl)c1. The second-order valence-corrected chi connectivity index (χ2v) is 7.81. The van der Waals surface area contributed by atoms with Crippen LogP contribution in [0.1, 0.15) is 71.4 Å². The second kappa shape index (κ2) is 6.31. The molecule has 108 valence electrons. The molecule has 1 atom stereocenters. The largest absolute Gasteiger partial charge is 0.122 e. The number of benzene rings is 1. The smallest absolute Gasteiger partial charge is 0.0474 e. The van der Waals surface area contributed by atoms with Crippen molar-refractivity contribution in [2.75, 3.05) is 0 Å². The highest BCUT2D eigenvalue weighted by atomic mass is 35.5. The maximum absolute atomic E-state index is 5.98. The van der Waals surface area contributed by atoms with E-state index in [1.807, 2.05) is 0 Å². The highest BCUT2D eigenvalue weighted by molar-refractivity contribution is 6.17. The summed E-state index contributed by atoms with van der Waals surface area (Å²) in [7, 11) is 0. The second-order valence-electron chi connectivity index (χ2n) is 7.54. The van der Waals surface area contributed by atoms with E-state index in [1.165, 1.54) is 24.0 Å².